The number of aliphatic hydroxyl groups is 1. The predicted molar refractivity (Wildman–Crippen MR) is 108 cm³/mol. The topological polar surface area (TPSA) is 119 Å². The van der Waals surface area contributed by atoms with Crippen LogP contribution in [0, 0.1) is 11.8 Å². The van der Waals surface area contributed by atoms with Crippen molar-refractivity contribution in [2.75, 3.05) is 40.5 Å². The van der Waals surface area contributed by atoms with Crippen LogP contribution in [0.2, 0.25) is 0 Å². The molecule has 2 aromatic carbocycles. The lowest BCUT2D eigenvalue weighted by Gasteiger charge is -2.37. The fourth-order valence-electron chi connectivity index (χ4n) is 4.98. The van der Waals surface area contributed by atoms with E-state index in [1.54, 1.807) is 18.2 Å². The minimum absolute atomic E-state index is 0.0439. The van der Waals surface area contributed by atoms with Gasteiger partial charge in [-0.15, -0.1) is 0 Å². The van der Waals surface area contributed by atoms with E-state index in [9.17, 15) is 9.90 Å². The number of rotatable bonds is 4. The van der Waals surface area contributed by atoms with Crippen LogP contribution in [-0.2, 0) is 9.53 Å². The van der Waals surface area contributed by atoms with Crippen LogP contribution in [-0.4, -0.2) is 45.8 Å². The van der Waals surface area contributed by atoms with Gasteiger partial charge in [0.1, 0.15) is 0 Å². The molecule has 2 aromatic rings. The lowest BCUT2D eigenvalue weighted by molar-refractivity contribution is -0.141. The molecule has 0 amide bonds. The summed E-state index contributed by atoms with van der Waals surface area (Å²) in [5, 5.41) is 11.1. The summed E-state index contributed by atoms with van der Waals surface area (Å²) in [7, 11) is 4.58. The summed E-state index contributed by atoms with van der Waals surface area (Å²) < 4.78 is 32.9. The summed E-state index contributed by atoms with van der Waals surface area (Å²) >= 11 is 0. The largest absolute Gasteiger partial charge is 0.493 e. The van der Waals surface area contributed by atoms with Crippen LogP contribution < -0.4 is 29.4 Å². The summed E-state index contributed by atoms with van der Waals surface area (Å²) in [6.45, 7) is 0.168. The third-order valence-corrected chi connectivity index (χ3v) is 6.37. The van der Waals surface area contributed by atoms with Gasteiger partial charge in [0.2, 0.25) is 12.5 Å². The molecule has 9 heteroatoms. The molecule has 1 aliphatic carbocycles. The van der Waals surface area contributed by atoms with Crippen molar-refractivity contribution in [2.45, 2.75) is 12.0 Å². The molecule has 0 unspecified atom stereocenters. The van der Waals surface area contributed by atoms with Gasteiger partial charge in [-0.05, 0) is 34.9 Å². The zero-order valence-electron chi connectivity index (χ0n) is 17.3. The van der Waals surface area contributed by atoms with Crippen molar-refractivity contribution in [3.05, 3.63) is 34.9 Å². The van der Waals surface area contributed by atoms with E-state index in [1.165, 1.54) is 21.3 Å². The van der Waals surface area contributed by atoms with E-state index in [0.29, 0.717) is 45.6 Å². The predicted octanol–water partition coefficient (Wildman–Crippen LogP) is 1.99. The molecule has 2 aliphatic heterocycles. The SMILES string of the molecule is COc1cc([C@@H]2c3c(cc4c(c3N)OCO4)[C@H](O)[C@H]3COC(=O)[C@H]23)cc(OC)c1OC. The van der Waals surface area contributed by atoms with Crippen molar-refractivity contribution < 1.29 is 38.3 Å². The number of hydrogen-bond acceptors (Lipinski definition) is 9. The fourth-order valence-corrected chi connectivity index (χ4v) is 4.98. The number of esters is 1. The Kier molecular flexibility index (Phi) is 4.51. The Morgan fingerprint density at radius 1 is 1.03 bits per heavy atom. The number of fused-ring (bicyclic) bond motifs is 3. The Bertz CT molecular complexity index is 1040. The number of cyclic esters (lactones) is 1. The monoisotopic (exact) mass is 429 g/mol. The molecule has 164 valence electrons. The number of ether oxygens (including phenoxy) is 6. The third kappa shape index (κ3) is 2.69. The first-order chi connectivity index (χ1) is 15.0. The van der Waals surface area contributed by atoms with Crippen LogP contribution in [0.25, 0.3) is 0 Å². The molecule has 0 saturated carbocycles. The Morgan fingerprint density at radius 2 is 1.74 bits per heavy atom. The van der Waals surface area contributed by atoms with E-state index in [0.717, 1.165) is 5.56 Å². The maximum Gasteiger partial charge on any atom is 0.310 e. The maximum absolute atomic E-state index is 12.8. The van der Waals surface area contributed by atoms with Gasteiger partial charge in [-0.2, -0.15) is 0 Å². The van der Waals surface area contributed by atoms with E-state index in [-0.39, 0.29) is 19.4 Å². The number of nitrogens with two attached hydrogens (primary N) is 1. The molecule has 0 spiro atoms. The average Bonchev–Trinajstić information content (AvgIpc) is 3.41. The number of hydrogen-bond donors (Lipinski definition) is 2. The summed E-state index contributed by atoms with van der Waals surface area (Å²) in [6.07, 6.45) is -0.929. The first kappa shape index (κ1) is 19.6. The molecule has 2 heterocycles. The smallest absolute Gasteiger partial charge is 0.310 e. The molecule has 1 fully saturated rings. The van der Waals surface area contributed by atoms with E-state index in [4.69, 9.17) is 34.2 Å². The fraction of sp³-hybridized carbons (Fsp3) is 0.409. The van der Waals surface area contributed by atoms with Gasteiger partial charge in [0, 0.05) is 11.8 Å². The van der Waals surface area contributed by atoms with E-state index in [2.05, 4.69) is 0 Å². The van der Waals surface area contributed by atoms with Crippen LogP contribution in [0.4, 0.5) is 5.69 Å². The Labute approximate surface area is 178 Å². The first-order valence-electron chi connectivity index (χ1n) is 9.86. The van der Waals surface area contributed by atoms with Crippen molar-refractivity contribution in [1.29, 1.82) is 0 Å². The van der Waals surface area contributed by atoms with Gasteiger partial charge in [-0.3, -0.25) is 4.79 Å². The zero-order valence-corrected chi connectivity index (χ0v) is 17.3. The highest BCUT2D eigenvalue weighted by atomic mass is 16.7. The van der Waals surface area contributed by atoms with Crippen LogP contribution in [0.1, 0.15) is 28.7 Å². The summed E-state index contributed by atoms with van der Waals surface area (Å²) in [5.41, 5.74) is 8.79. The van der Waals surface area contributed by atoms with E-state index >= 15 is 0 Å². The second-order valence-corrected chi connectivity index (χ2v) is 7.73. The third-order valence-electron chi connectivity index (χ3n) is 6.37. The highest BCUT2D eigenvalue weighted by Crippen LogP contribution is 2.58. The lowest BCUT2D eigenvalue weighted by atomic mass is 9.65. The number of carbonyl (C=O) groups excluding carboxylic acids is 1. The molecular weight excluding hydrogens is 406 g/mol. The molecule has 0 aromatic heterocycles. The van der Waals surface area contributed by atoms with Crippen LogP contribution in [0.15, 0.2) is 18.2 Å². The molecule has 1 saturated heterocycles. The van der Waals surface area contributed by atoms with Crippen molar-refractivity contribution in [1.82, 2.24) is 0 Å². The number of aliphatic hydroxyl groups excluding tert-OH is 1. The Balaban J connectivity index is 1.78. The van der Waals surface area contributed by atoms with Crippen LogP contribution >= 0.6 is 0 Å². The van der Waals surface area contributed by atoms with Gasteiger partial charge in [0.15, 0.2) is 23.0 Å². The Morgan fingerprint density at radius 3 is 2.39 bits per heavy atom. The molecule has 0 radical (unpaired) electrons. The molecule has 3 N–H and O–H groups in total. The quantitative estimate of drug-likeness (QED) is 0.555. The summed E-state index contributed by atoms with van der Waals surface area (Å²) in [6, 6.07) is 5.32. The molecule has 5 rings (SSSR count). The standard InChI is InChI=1S/C22H23NO8/c1-26-12-4-9(5-13(27-2)20(12)28-3)15-16-10(6-14-21(18(16)23)31-8-30-14)19(24)11-7-29-22(25)17(11)15/h4-6,11,15,17,19,24H,7-8,23H2,1-3H3/t11-,15+,17-,19-/m0/s1. The Hall–Kier alpha value is -3.33. The van der Waals surface area contributed by atoms with Gasteiger partial charge in [0.25, 0.3) is 0 Å². The van der Waals surface area contributed by atoms with Gasteiger partial charge >= 0.3 is 5.97 Å². The van der Waals surface area contributed by atoms with Crippen molar-refractivity contribution in [3.8, 4) is 28.7 Å². The average molecular weight is 429 g/mol. The second kappa shape index (κ2) is 7.12. The lowest BCUT2D eigenvalue weighted by Crippen LogP contribution is -2.35. The van der Waals surface area contributed by atoms with Gasteiger partial charge in [-0.1, -0.05) is 0 Å². The molecular formula is C22H23NO8. The first-order valence-corrected chi connectivity index (χ1v) is 9.86. The highest BCUT2D eigenvalue weighted by Gasteiger charge is 2.53. The normalized spacial score (nSPS) is 25.5. The number of nitrogen functional groups attached to an aromatic ring is 1. The second-order valence-electron chi connectivity index (χ2n) is 7.73. The van der Waals surface area contributed by atoms with Crippen molar-refractivity contribution in [3.63, 3.8) is 0 Å². The number of methoxy groups -OCH3 is 3. The summed E-state index contributed by atoms with van der Waals surface area (Å²) in [4.78, 5) is 12.8. The molecule has 0 bridgehead atoms. The maximum atomic E-state index is 12.8. The molecule has 31 heavy (non-hydrogen) atoms. The minimum atomic E-state index is -0.929. The number of benzene rings is 2. The minimum Gasteiger partial charge on any atom is -0.493 e. The van der Waals surface area contributed by atoms with E-state index < -0.39 is 23.9 Å². The van der Waals surface area contributed by atoms with Crippen LogP contribution in [0.3, 0.4) is 0 Å². The zero-order chi connectivity index (χ0) is 21.9. The number of anilines is 1. The number of carbonyl (C=O) groups is 1. The highest BCUT2D eigenvalue weighted by molar-refractivity contribution is 5.81. The van der Waals surface area contributed by atoms with Crippen molar-refractivity contribution in [2.24, 2.45) is 11.8 Å². The molecule has 4 atom stereocenters. The van der Waals surface area contributed by atoms with Gasteiger partial charge in [-0.25, -0.2) is 0 Å². The molecule has 3 aliphatic rings. The van der Waals surface area contributed by atoms with Gasteiger partial charge in [0.05, 0.1) is 45.6 Å². The molecule has 9 nitrogen and oxygen atoms in total. The van der Waals surface area contributed by atoms with Gasteiger partial charge < -0.3 is 39.3 Å². The van der Waals surface area contributed by atoms with E-state index in [1.807, 2.05) is 0 Å². The van der Waals surface area contributed by atoms with Crippen LogP contribution in [0.5, 0.6) is 28.7 Å². The van der Waals surface area contributed by atoms with Crippen molar-refractivity contribution >= 4 is 11.7 Å². The summed E-state index contributed by atoms with van der Waals surface area (Å²) in [5.74, 6) is 0.271.